The highest BCUT2D eigenvalue weighted by Gasteiger charge is 2.53. The van der Waals surface area contributed by atoms with E-state index in [0.29, 0.717) is 17.8 Å². The number of amides is 1. The van der Waals surface area contributed by atoms with E-state index in [1.807, 2.05) is 42.5 Å². The maximum atomic E-state index is 12.3. The van der Waals surface area contributed by atoms with Gasteiger partial charge >= 0.3 is 0 Å². The molecule has 100 valence electrons. The standard InChI is InChI=1S/C16H14N2O2/c19-15-16(20,12-7-3-4-8-13(12)18-15)14-11-6-2-1-5-10(11)9-17-14/h1-8,14,17,20H,9H2,(H,18,19). The van der Waals surface area contributed by atoms with Crippen molar-refractivity contribution < 1.29 is 9.90 Å². The van der Waals surface area contributed by atoms with E-state index in [1.165, 1.54) is 0 Å². The zero-order valence-electron chi connectivity index (χ0n) is 10.8. The van der Waals surface area contributed by atoms with Crippen molar-refractivity contribution in [1.29, 1.82) is 0 Å². The van der Waals surface area contributed by atoms with Crippen LogP contribution in [0.2, 0.25) is 0 Å². The molecule has 0 saturated heterocycles. The van der Waals surface area contributed by atoms with E-state index < -0.39 is 11.6 Å². The van der Waals surface area contributed by atoms with Gasteiger partial charge in [-0.2, -0.15) is 0 Å². The maximum Gasteiger partial charge on any atom is 0.263 e. The molecule has 0 fully saturated rings. The lowest BCUT2D eigenvalue weighted by molar-refractivity contribution is -0.137. The molecule has 0 aromatic heterocycles. The average Bonchev–Trinajstić information content (AvgIpc) is 3.01. The van der Waals surface area contributed by atoms with Crippen molar-refractivity contribution in [3.8, 4) is 0 Å². The minimum atomic E-state index is -1.55. The molecule has 0 bridgehead atoms. The molecule has 4 heteroatoms. The van der Waals surface area contributed by atoms with Crippen molar-refractivity contribution in [2.45, 2.75) is 18.2 Å². The molecular formula is C16H14N2O2. The second-order valence-corrected chi connectivity index (χ2v) is 5.28. The summed E-state index contributed by atoms with van der Waals surface area (Å²) in [6.45, 7) is 0.665. The van der Waals surface area contributed by atoms with Gasteiger partial charge in [-0.05, 0) is 17.2 Å². The molecular weight excluding hydrogens is 252 g/mol. The van der Waals surface area contributed by atoms with Crippen LogP contribution in [0.1, 0.15) is 22.7 Å². The Morgan fingerprint density at radius 1 is 1.10 bits per heavy atom. The smallest absolute Gasteiger partial charge is 0.263 e. The van der Waals surface area contributed by atoms with Crippen LogP contribution in [0.15, 0.2) is 48.5 Å². The largest absolute Gasteiger partial charge is 0.374 e. The Labute approximate surface area is 116 Å². The Hall–Kier alpha value is -2.17. The Kier molecular flexibility index (Phi) is 2.28. The summed E-state index contributed by atoms with van der Waals surface area (Å²) >= 11 is 0. The predicted octanol–water partition coefficient (Wildman–Crippen LogP) is 1.67. The van der Waals surface area contributed by atoms with Gasteiger partial charge in [-0.3, -0.25) is 4.79 Å². The average molecular weight is 266 g/mol. The number of carbonyl (C=O) groups is 1. The molecule has 3 N–H and O–H groups in total. The Balaban J connectivity index is 1.89. The van der Waals surface area contributed by atoms with Gasteiger partial charge in [0.1, 0.15) is 0 Å². The molecule has 20 heavy (non-hydrogen) atoms. The molecule has 2 aromatic rings. The molecule has 2 unspecified atom stereocenters. The highest BCUT2D eigenvalue weighted by atomic mass is 16.3. The van der Waals surface area contributed by atoms with Crippen LogP contribution in [-0.4, -0.2) is 11.0 Å². The second-order valence-electron chi connectivity index (χ2n) is 5.28. The zero-order chi connectivity index (χ0) is 13.7. The summed E-state index contributed by atoms with van der Waals surface area (Å²) in [6, 6.07) is 14.8. The number of aliphatic hydroxyl groups is 1. The van der Waals surface area contributed by atoms with Gasteiger partial charge in [0.25, 0.3) is 5.91 Å². The molecule has 2 aliphatic rings. The number of carbonyl (C=O) groups excluding carboxylic acids is 1. The van der Waals surface area contributed by atoms with Gasteiger partial charge in [0, 0.05) is 17.8 Å². The van der Waals surface area contributed by atoms with Gasteiger partial charge in [-0.1, -0.05) is 42.5 Å². The van der Waals surface area contributed by atoms with Gasteiger partial charge in [0.15, 0.2) is 5.60 Å². The minimum absolute atomic E-state index is 0.368. The van der Waals surface area contributed by atoms with Crippen LogP contribution in [0.5, 0.6) is 0 Å². The number of anilines is 1. The highest BCUT2D eigenvalue weighted by molar-refractivity contribution is 6.05. The molecule has 0 aliphatic carbocycles. The van der Waals surface area contributed by atoms with E-state index in [4.69, 9.17) is 0 Å². The van der Waals surface area contributed by atoms with E-state index in [2.05, 4.69) is 10.6 Å². The maximum absolute atomic E-state index is 12.3. The third kappa shape index (κ3) is 1.35. The Morgan fingerprint density at radius 2 is 1.85 bits per heavy atom. The van der Waals surface area contributed by atoms with Crippen molar-refractivity contribution in [3.05, 3.63) is 65.2 Å². The first-order valence-corrected chi connectivity index (χ1v) is 6.66. The lowest BCUT2D eigenvalue weighted by Gasteiger charge is -2.28. The first-order chi connectivity index (χ1) is 9.71. The SMILES string of the molecule is O=C1Nc2ccccc2C1(O)C1NCc2ccccc21. The van der Waals surface area contributed by atoms with Crippen molar-refractivity contribution >= 4 is 11.6 Å². The minimum Gasteiger partial charge on any atom is -0.374 e. The van der Waals surface area contributed by atoms with E-state index in [1.54, 1.807) is 6.07 Å². The van der Waals surface area contributed by atoms with Crippen LogP contribution in [-0.2, 0) is 16.9 Å². The third-order valence-electron chi connectivity index (χ3n) is 4.21. The van der Waals surface area contributed by atoms with Gasteiger partial charge in [-0.25, -0.2) is 0 Å². The molecule has 4 nitrogen and oxygen atoms in total. The fourth-order valence-corrected chi connectivity index (χ4v) is 3.22. The first-order valence-electron chi connectivity index (χ1n) is 6.66. The van der Waals surface area contributed by atoms with Gasteiger partial charge in [0.2, 0.25) is 0 Å². The van der Waals surface area contributed by atoms with Gasteiger partial charge in [0.05, 0.1) is 6.04 Å². The van der Waals surface area contributed by atoms with Crippen molar-refractivity contribution in [3.63, 3.8) is 0 Å². The summed E-state index contributed by atoms with van der Waals surface area (Å²) in [5.41, 5.74) is 1.89. The first kappa shape index (κ1) is 11.6. The topological polar surface area (TPSA) is 61.4 Å². The number of fused-ring (bicyclic) bond motifs is 2. The number of para-hydroxylation sites is 1. The molecule has 1 amide bonds. The summed E-state index contributed by atoms with van der Waals surface area (Å²) < 4.78 is 0. The predicted molar refractivity (Wildman–Crippen MR) is 75.0 cm³/mol. The number of rotatable bonds is 1. The van der Waals surface area contributed by atoms with Crippen molar-refractivity contribution in [2.24, 2.45) is 0 Å². The zero-order valence-corrected chi connectivity index (χ0v) is 10.8. The van der Waals surface area contributed by atoms with Gasteiger partial charge in [-0.15, -0.1) is 0 Å². The number of nitrogens with one attached hydrogen (secondary N) is 2. The summed E-state index contributed by atoms with van der Waals surface area (Å²) in [5.74, 6) is -0.368. The lowest BCUT2D eigenvalue weighted by atomic mass is 9.84. The summed E-state index contributed by atoms with van der Waals surface area (Å²) in [5, 5.41) is 17.1. The quantitative estimate of drug-likeness (QED) is 0.736. The second kappa shape index (κ2) is 3.91. The molecule has 0 saturated carbocycles. The molecule has 0 spiro atoms. The summed E-state index contributed by atoms with van der Waals surface area (Å²) in [7, 11) is 0. The monoisotopic (exact) mass is 266 g/mol. The Morgan fingerprint density at radius 3 is 2.75 bits per heavy atom. The summed E-state index contributed by atoms with van der Waals surface area (Å²) in [6.07, 6.45) is 0. The molecule has 2 heterocycles. The van der Waals surface area contributed by atoms with Crippen LogP contribution in [0.3, 0.4) is 0 Å². The molecule has 4 rings (SSSR count). The summed E-state index contributed by atoms with van der Waals surface area (Å²) in [4.78, 5) is 12.3. The van der Waals surface area contributed by atoms with Crippen molar-refractivity contribution in [1.82, 2.24) is 5.32 Å². The van der Waals surface area contributed by atoms with Crippen LogP contribution in [0.4, 0.5) is 5.69 Å². The number of benzene rings is 2. The molecule has 2 aromatic carbocycles. The fraction of sp³-hybridized carbons (Fsp3) is 0.188. The molecule has 2 atom stereocenters. The van der Waals surface area contributed by atoms with Gasteiger partial charge < -0.3 is 15.7 Å². The number of hydrogen-bond donors (Lipinski definition) is 3. The van der Waals surface area contributed by atoms with Crippen LogP contribution < -0.4 is 10.6 Å². The third-order valence-corrected chi connectivity index (χ3v) is 4.21. The highest BCUT2D eigenvalue weighted by Crippen LogP contribution is 2.46. The van der Waals surface area contributed by atoms with E-state index in [-0.39, 0.29) is 5.91 Å². The Bertz CT molecular complexity index is 713. The molecule has 2 aliphatic heterocycles. The molecule has 0 radical (unpaired) electrons. The normalized spacial score (nSPS) is 27.1. The fourth-order valence-electron chi connectivity index (χ4n) is 3.22. The van der Waals surface area contributed by atoms with Crippen molar-refractivity contribution in [2.75, 3.05) is 5.32 Å². The van der Waals surface area contributed by atoms with Crippen LogP contribution in [0, 0.1) is 0 Å². The van der Waals surface area contributed by atoms with Crippen LogP contribution >= 0.6 is 0 Å². The van der Waals surface area contributed by atoms with E-state index >= 15 is 0 Å². The van der Waals surface area contributed by atoms with Crippen LogP contribution in [0.25, 0.3) is 0 Å². The van der Waals surface area contributed by atoms with E-state index in [9.17, 15) is 9.90 Å². The van der Waals surface area contributed by atoms with E-state index in [0.717, 1.165) is 11.1 Å². The number of hydrogen-bond acceptors (Lipinski definition) is 3. The lowest BCUT2D eigenvalue weighted by Crippen LogP contribution is -2.44.